The van der Waals surface area contributed by atoms with Crippen molar-refractivity contribution in [2.75, 3.05) is 0 Å². The second-order valence-corrected chi connectivity index (χ2v) is 14.5. The summed E-state index contributed by atoms with van der Waals surface area (Å²) in [6.07, 6.45) is 0. The van der Waals surface area contributed by atoms with Crippen LogP contribution in [0, 0.1) is 11.3 Å². The van der Waals surface area contributed by atoms with Gasteiger partial charge in [0, 0.05) is 16.7 Å². The molecule has 0 spiro atoms. The maximum absolute atomic E-state index is 9.48. The molecule has 1 aromatic heterocycles. The molecule has 8 aromatic carbocycles. The van der Waals surface area contributed by atoms with Crippen LogP contribution in [-0.2, 0) is 5.41 Å². The van der Waals surface area contributed by atoms with E-state index in [1.165, 1.54) is 27.8 Å². The molecule has 0 atom stereocenters. The van der Waals surface area contributed by atoms with Crippen LogP contribution < -0.4 is 0 Å². The highest BCUT2D eigenvalue weighted by molar-refractivity contribution is 5.87. The van der Waals surface area contributed by atoms with E-state index in [0.29, 0.717) is 11.4 Å². The van der Waals surface area contributed by atoms with Crippen LogP contribution in [0.2, 0.25) is 0 Å². The first-order valence-corrected chi connectivity index (χ1v) is 19.2. The summed E-state index contributed by atoms with van der Waals surface area (Å²) in [6.45, 7) is 0. The molecule has 9 aromatic rings. The fourth-order valence-electron chi connectivity index (χ4n) is 8.55. The van der Waals surface area contributed by atoms with Crippen LogP contribution in [-0.4, -0.2) is 9.97 Å². The summed E-state index contributed by atoms with van der Waals surface area (Å²) >= 11 is 0. The van der Waals surface area contributed by atoms with Gasteiger partial charge in [0.2, 0.25) is 0 Å². The Kier molecular flexibility index (Phi) is 8.43. The molecule has 0 radical (unpaired) electrons. The van der Waals surface area contributed by atoms with Gasteiger partial charge >= 0.3 is 0 Å². The third kappa shape index (κ3) is 5.92. The van der Waals surface area contributed by atoms with Gasteiger partial charge in [-0.3, -0.25) is 0 Å². The van der Waals surface area contributed by atoms with Crippen molar-refractivity contribution < 1.29 is 0 Å². The largest absolute Gasteiger partial charge is 0.228 e. The Bertz CT molecular complexity index is 2910. The highest BCUT2D eigenvalue weighted by Gasteiger charge is 2.46. The molecular weight excluding hydrogens is 691 g/mol. The molecule has 0 bridgehead atoms. The monoisotopic (exact) mass is 725 g/mol. The second-order valence-electron chi connectivity index (χ2n) is 14.5. The van der Waals surface area contributed by atoms with E-state index in [1.54, 1.807) is 0 Å². The molecule has 0 fully saturated rings. The van der Waals surface area contributed by atoms with Crippen molar-refractivity contribution in [2.45, 2.75) is 5.41 Å². The zero-order chi connectivity index (χ0) is 38.2. The lowest BCUT2D eigenvalue weighted by Gasteiger charge is -2.34. The number of nitrogens with zero attached hydrogens (tertiary/aromatic N) is 3. The van der Waals surface area contributed by atoms with Crippen LogP contribution in [0.4, 0.5) is 0 Å². The molecule has 1 aliphatic rings. The van der Waals surface area contributed by atoms with Crippen molar-refractivity contribution in [3.05, 3.63) is 240 Å². The van der Waals surface area contributed by atoms with E-state index in [4.69, 9.17) is 9.97 Å². The summed E-state index contributed by atoms with van der Waals surface area (Å²) in [5.74, 6) is 0.677. The van der Waals surface area contributed by atoms with Crippen LogP contribution in [0.5, 0.6) is 0 Å². The Labute approximate surface area is 332 Å². The summed E-state index contributed by atoms with van der Waals surface area (Å²) < 4.78 is 0. The lowest BCUT2D eigenvalue weighted by molar-refractivity contribution is 0.769. The van der Waals surface area contributed by atoms with Gasteiger partial charge in [0.25, 0.3) is 0 Å². The fourth-order valence-corrected chi connectivity index (χ4v) is 8.55. The van der Waals surface area contributed by atoms with E-state index < -0.39 is 5.41 Å². The molecule has 0 aliphatic heterocycles. The standard InChI is InChI=1S/C54H35N3/c55-36-37-28-30-39(31-29-37)42-19-12-22-45(33-42)54(49-26-9-7-24-47(49)48-25-8-10-27-50(48)54)46-23-13-20-43(34-46)52-35-51(40-16-5-2-6-17-40)56-53(57-52)44-21-11-18-41(32-44)38-14-3-1-4-15-38/h1-35H. The average Bonchev–Trinajstić information content (AvgIpc) is 3.61. The molecule has 0 saturated carbocycles. The van der Waals surface area contributed by atoms with E-state index in [9.17, 15) is 5.26 Å². The maximum Gasteiger partial charge on any atom is 0.160 e. The van der Waals surface area contributed by atoms with Gasteiger partial charge in [-0.1, -0.05) is 176 Å². The van der Waals surface area contributed by atoms with Gasteiger partial charge in [-0.05, 0) is 92.0 Å². The summed E-state index contributed by atoms with van der Waals surface area (Å²) in [7, 11) is 0. The molecular formula is C54H35N3. The van der Waals surface area contributed by atoms with Crippen molar-refractivity contribution in [1.82, 2.24) is 9.97 Å². The lowest BCUT2D eigenvalue weighted by atomic mass is 9.67. The van der Waals surface area contributed by atoms with Crippen LogP contribution in [0.15, 0.2) is 212 Å². The molecule has 0 amide bonds. The summed E-state index contributed by atoms with van der Waals surface area (Å²) in [5, 5.41) is 9.48. The molecule has 10 rings (SSSR count). The van der Waals surface area contributed by atoms with Crippen LogP contribution in [0.25, 0.3) is 67.3 Å². The Morgan fingerprint density at radius 1 is 0.351 bits per heavy atom. The molecule has 0 saturated heterocycles. The molecule has 1 aliphatic carbocycles. The van der Waals surface area contributed by atoms with E-state index in [0.717, 1.165) is 55.9 Å². The minimum Gasteiger partial charge on any atom is -0.228 e. The van der Waals surface area contributed by atoms with E-state index >= 15 is 0 Å². The molecule has 0 N–H and O–H groups in total. The van der Waals surface area contributed by atoms with Crippen molar-refractivity contribution in [3.8, 4) is 73.4 Å². The first-order valence-electron chi connectivity index (χ1n) is 19.2. The van der Waals surface area contributed by atoms with Gasteiger partial charge in [-0.15, -0.1) is 0 Å². The number of rotatable bonds is 7. The quantitative estimate of drug-likeness (QED) is 0.164. The van der Waals surface area contributed by atoms with Crippen molar-refractivity contribution >= 4 is 0 Å². The third-order valence-corrected chi connectivity index (χ3v) is 11.2. The third-order valence-electron chi connectivity index (χ3n) is 11.2. The summed E-state index contributed by atoms with van der Waals surface area (Å²) in [4.78, 5) is 10.5. The Balaban J connectivity index is 1.18. The number of hydrogen-bond acceptors (Lipinski definition) is 3. The second kappa shape index (κ2) is 14.2. The SMILES string of the molecule is N#Cc1ccc(-c2cccc(C3(c4cccc(-c5cc(-c6ccccc6)nc(-c6cccc(-c7ccccc7)c6)n5)c4)c4ccccc4-c4ccccc43)c2)cc1. The van der Waals surface area contributed by atoms with Gasteiger partial charge in [-0.25, -0.2) is 9.97 Å². The average molecular weight is 726 g/mol. The molecule has 0 unspecified atom stereocenters. The minimum atomic E-state index is -0.617. The first-order chi connectivity index (χ1) is 28.2. The topological polar surface area (TPSA) is 49.6 Å². The number of nitriles is 1. The van der Waals surface area contributed by atoms with Gasteiger partial charge in [0.05, 0.1) is 28.4 Å². The van der Waals surface area contributed by atoms with E-state index in [2.05, 4.69) is 182 Å². The van der Waals surface area contributed by atoms with Gasteiger partial charge in [-0.2, -0.15) is 5.26 Å². The molecule has 57 heavy (non-hydrogen) atoms. The Morgan fingerprint density at radius 3 is 1.44 bits per heavy atom. The molecule has 1 heterocycles. The van der Waals surface area contributed by atoms with Crippen molar-refractivity contribution in [3.63, 3.8) is 0 Å². The smallest absolute Gasteiger partial charge is 0.160 e. The van der Waals surface area contributed by atoms with E-state index in [-0.39, 0.29) is 0 Å². The van der Waals surface area contributed by atoms with E-state index in [1.807, 2.05) is 36.4 Å². The highest BCUT2D eigenvalue weighted by atomic mass is 14.9. The van der Waals surface area contributed by atoms with Crippen molar-refractivity contribution in [1.29, 1.82) is 5.26 Å². The Hall–Kier alpha value is -7.67. The molecule has 3 nitrogen and oxygen atoms in total. The highest BCUT2D eigenvalue weighted by Crippen LogP contribution is 2.56. The predicted molar refractivity (Wildman–Crippen MR) is 231 cm³/mol. The van der Waals surface area contributed by atoms with Gasteiger partial charge < -0.3 is 0 Å². The van der Waals surface area contributed by atoms with Crippen LogP contribution in [0.3, 0.4) is 0 Å². The molecule has 266 valence electrons. The number of aromatic nitrogens is 2. The zero-order valence-corrected chi connectivity index (χ0v) is 31.0. The number of fused-ring (bicyclic) bond motifs is 3. The Morgan fingerprint density at radius 2 is 0.807 bits per heavy atom. The zero-order valence-electron chi connectivity index (χ0n) is 31.0. The van der Waals surface area contributed by atoms with Crippen molar-refractivity contribution in [2.24, 2.45) is 0 Å². The normalized spacial score (nSPS) is 12.3. The maximum atomic E-state index is 9.48. The minimum absolute atomic E-state index is 0.617. The molecule has 3 heteroatoms. The summed E-state index contributed by atoms with van der Waals surface area (Å²) in [5.41, 5.74) is 16.5. The van der Waals surface area contributed by atoms with Gasteiger partial charge in [0.15, 0.2) is 5.82 Å². The van der Waals surface area contributed by atoms with Crippen LogP contribution >= 0.6 is 0 Å². The predicted octanol–water partition coefficient (Wildman–Crippen LogP) is 13.0. The number of hydrogen-bond donors (Lipinski definition) is 0. The van der Waals surface area contributed by atoms with Gasteiger partial charge in [0.1, 0.15) is 0 Å². The lowest BCUT2D eigenvalue weighted by Crippen LogP contribution is -2.28. The van der Waals surface area contributed by atoms with Crippen LogP contribution in [0.1, 0.15) is 27.8 Å². The fraction of sp³-hybridized carbons (Fsp3) is 0.0185. The number of benzene rings is 8. The summed E-state index contributed by atoms with van der Waals surface area (Å²) in [6, 6.07) is 77.0. The first kappa shape index (κ1) is 33.9.